The predicted molar refractivity (Wildman–Crippen MR) is 121 cm³/mol. The van der Waals surface area contributed by atoms with E-state index in [0.717, 1.165) is 12.1 Å². The molecule has 0 unspecified atom stereocenters. The summed E-state index contributed by atoms with van der Waals surface area (Å²) < 4.78 is 0. The summed E-state index contributed by atoms with van der Waals surface area (Å²) in [4.78, 5) is 48.0. The van der Waals surface area contributed by atoms with Gasteiger partial charge in [0, 0.05) is 22.9 Å². The number of hydrogen-bond acceptors (Lipinski definition) is 5. The summed E-state index contributed by atoms with van der Waals surface area (Å²) >= 11 is 0. The van der Waals surface area contributed by atoms with E-state index in [-0.39, 0.29) is 11.1 Å². The van der Waals surface area contributed by atoms with Gasteiger partial charge in [-0.25, -0.2) is 9.59 Å². The Hall–Kier alpha value is -3.68. The van der Waals surface area contributed by atoms with E-state index in [0.29, 0.717) is 11.4 Å². The highest BCUT2D eigenvalue weighted by molar-refractivity contribution is 6.15. The summed E-state index contributed by atoms with van der Waals surface area (Å²) in [5.41, 5.74) is 4.84. The Morgan fingerprint density at radius 2 is 1.29 bits per heavy atom. The van der Waals surface area contributed by atoms with E-state index >= 15 is 0 Å². The maximum Gasteiger partial charge on any atom is 0.336 e. The second-order valence-electron chi connectivity index (χ2n) is 6.15. The molecule has 0 saturated heterocycles. The molecule has 0 aliphatic carbocycles. The Kier molecular flexibility index (Phi) is 11.3. The maximum absolute atomic E-state index is 12.6. The van der Waals surface area contributed by atoms with Crippen LogP contribution < -0.4 is 11.1 Å². The summed E-state index contributed by atoms with van der Waals surface area (Å²) in [6, 6.07) is 8.08. The predicted octanol–water partition coefficient (Wildman–Crippen LogP) is 4.81. The average Bonchev–Trinajstić information content (AvgIpc) is 2.74. The van der Waals surface area contributed by atoms with Gasteiger partial charge in [0.2, 0.25) is 0 Å². The summed E-state index contributed by atoms with van der Waals surface area (Å²) in [5.74, 6) is -4.79. The lowest BCUT2D eigenvalue weighted by Crippen LogP contribution is -2.21. The van der Waals surface area contributed by atoms with Gasteiger partial charge in [-0.05, 0) is 30.3 Å². The van der Waals surface area contributed by atoms with E-state index in [1.54, 1.807) is 32.0 Å². The molecule has 0 aromatic heterocycles. The fourth-order valence-electron chi connectivity index (χ4n) is 2.47. The van der Waals surface area contributed by atoms with Crippen molar-refractivity contribution in [1.82, 2.24) is 0 Å². The molecule has 0 spiro atoms. The third kappa shape index (κ3) is 7.26. The molecule has 2 aromatic rings. The number of rotatable bonds is 6. The van der Waals surface area contributed by atoms with Crippen molar-refractivity contribution in [2.75, 3.05) is 11.1 Å². The number of Topliss-reactive ketones (excluding diaryl/α,β-unsaturated/α-hetero) is 1. The maximum atomic E-state index is 12.6. The first-order valence-electron chi connectivity index (χ1n) is 9.97. The molecule has 0 heterocycles. The molecule has 0 bridgehead atoms. The van der Waals surface area contributed by atoms with Gasteiger partial charge in [0.05, 0.1) is 16.7 Å². The monoisotopic (exact) mass is 430 g/mol. The van der Waals surface area contributed by atoms with Gasteiger partial charge in [0.1, 0.15) is 0 Å². The fraction of sp³-hybridized carbons (Fsp3) is 0.304. The second-order valence-corrected chi connectivity index (χ2v) is 6.15. The Labute approximate surface area is 182 Å². The third-order valence-corrected chi connectivity index (χ3v) is 3.80. The van der Waals surface area contributed by atoms with Crippen molar-refractivity contribution in [2.45, 2.75) is 41.5 Å². The highest BCUT2D eigenvalue weighted by atomic mass is 16.4. The standard InChI is InChI=1S/C19H18N2O6.2C2H6/c1-9(2)16(22)12-7-13(15(19(26)27)8-14(12)18(24)25)17(23)21-11-5-3-4-10(20)6-11;2*1-2/h3-9H,20H2,1-2H3,(H,21,23)(H,24,25)(H,26,27);2*1-2H3. The number of benzene rings is 2. The first kappa shape index (κ1) is 27.3. The van der Waals surface area contributed by atoms with Gasteiger partial charge in [-0.15, -0.1) is 0 Å². The molecule has 0 saturated carbocycles. The molecular formula is C23H30N2O6. The van der Waals surface area contributed by atoms with Crippen LogP contribution in [-0.4, -0.2) is 33.8 Å². The Morgan fingerprint density at radius 3 is 1.74 bits per heavy atom. The van der Waals surface area contributed by atoms with Gasteiger partial charge in [-0.3, -0.25) is 9.59 Å². The fourth-order valence-corrected chi connectivity index (χ4v) is 2.47. The lowest BCUT2D eigenvalue weighted by atomic mass is 9.91. The number of carboxylic acids is 2. The molecule has 2 aromatic carbocycles. The Balaban J connectivity index is 0.00000212. The Bertz CT molecular complexity index is 951. The summed E-state index contributed by atoms with van der Waals surface area (Å²) in [7, 11) is 0. The van der Waals surface area contributed by atoms with Crippen molar-refractivity contribution in [1.29, 1.82) is 0 Å². The molecule has 8 heteroatoms. The van der Waals surface area contributed by atoms with Crippen molar-refractivity contribution in [3.05, 3.63) is 58.7 Å². The third-order valence-electron chi connectivity index (χ3n) is 3.80. The highest BCUT2D eigenvalue weighted by Crippen LogP contribution is 2.23. The SMILES string of the molecule is CC.CC.CC(C)C(=O)c1cc(C(=O)Nc2cccc(N)c2)c(C(=O)O)cc1C(=O)O. The number of nitrogens with two attached hydrogens (primary N) is 1. The van der Waals surface area contributed by atoms with E-state index in [9.17, 15) is 29.4 Å². The number of hydrogen-bond donors (Lipinski definition) is 4. The van der Waals surface area contributed by atoms with Crippen molar-refractivity contribution in [3.63, 3.8) is 0 Å². The molecule has 0 fully saturated rings. The average molecular weight is 431 g/mol. The number of aromatic carboxylic acids is 2. The zero-order valence-corrected chi connectivity index (χ0v) is 18.6. The van der Waals surface area contributed by atoms with Gasteiger partial charge < -0.3 is 21.3 Å². The summed E-state index contributed by atoms with van der Waals surface area (Å²) in [6.07, 6.45) is 0. The number of nitrogens with one attached hydrogen (secondary N) is 1. The van der Waals surface area contributed by atoms with E-state index in [2.05, 4.69) is 5.32 Å². The molecule has 168 valence electrons. The number of carbonyl (C=O) groups is 4. The zero-order chi connectivity index (χ0) is 24.3. The van der Waals surface area contributed by atoms with Gasteiger partial charge >= 0.3 is 11.9 Å². The lowest BCUT2D eigenvalue weighted by molar-refractivity contribution is 0.0688. The van der Waals surface area contributed by atoms with E-state index in [1.807, 2.05) is 27.7 Å². The minimum absolute atomic E-state index is 0.222. The van der Waals surface area contributed by atoms with E-state index < -0.39 is 40.7 Å². The Morgan fingerprint density at radius 1 is 0.806 bits per heavy atom. The van der Waals surface area contributed by atoms with Crippen LogP contribution in [0.15, 0.2) is 36.4 Å². The van der Waals surface area contributed by atoms with Crippen LogP contribution in [0.25, 0.3) is 0 Å². The van der Waals surface area contributed by atoms with Gasteiger partial charge in [0.15, 0.2) is 5.78 Å². The van der Waals surface area contributed by atoms with Crippen LogP contribution in [0.1, 0.15) is 83.0 Å². The molecule has 5 N–H and O–H groups in total. The number of carbonyl (C=O) groups excluding carboxylic acids is 2. The van der Waals surface area contributed by atoms with Crippen LogP contribution in [0, 0.1) is 5.92 Å². The minimum atomic E-state index is -1.49. The first-order chi connectivity index (χ1) is 14.6. The van der Waals surface area contributed by atoms with Crippen LogP contribution in [0.5, 0.6) is 0 Å². The lowest BCUT2D eigenvalue weighted by Gasteiger charge is -2.14. The van der Waals surface area contributed by atoms with Gasteiger partial charge in [0.25, 0.3) is 5.91 Å². The second kappa shape index (κ2) is 12.8. The molecular weight excluding hydrogens is 400 g/mol. The summed E-state index contributed by atoms with van der Waals surface area (Å²) in [5, 5.41) is 21.2. The van der Waals surface area contributed by atoms with Crippen LogP contribution in [0.2, 0.25) is 0 Å². The molecule has 1 amide bonds. The molecule has 2 rings (SSSR count). The number of ketones is 1. The molecule has 0 atom stereocenters. The molecule has 8 nitrogen and oxygen atoms in total. The molecule has 0 aliphatic rings. The number of amides is 1. The minimum Gasteiger partial charge on any atom is -0.478 e. The number of anilines is 2. The molecule has 31 heavy (non-hydrogen) atoms. The van der Waals surface area contributed by atoms with Crippen LogP contribution >= 0.6 is 0 Å². The quantitative estimate of drug-likeness (QED) is 0.380. The van der Waals surface area contributed by atoms with Crippen LogP contribution in [0.3, 0.4) is 0 Å². The van der Waals surface area contributed by atoms with Crippen molar-refractivity contribution >= 4 is 35.0 Å². The van der Waals surface area contributed by atoms with Crippen molar-refractivity contribution in [3.8, 4) is 0 Å². The van der Waals surface area contributed by atoms with E-state index in [4.69, 9.17) is 5.73 Å². The van der Waals surface area contributed by atoms with Crippen LogP contribution in [0.4, 0.5) is 11.4 Å². The van der Waals surface area contributed by atoms with Crippen molar-refractivity contribution < 1.29 is 29.4 Å². The van der Waals surface area contributed by atoms with E-state index in [1.165, 1.54) is 6.07 Å². The van der Waals surface area contributed by atoms with Gasteiger partial charge in [-0.1, -0.05) is 47.6 Å². The molecule has 0 aliphatic heterocycles. The molecule has 0 radical (unpaired) electrons. The topological polar surface area (TPSA) is 147 Å². The smallest absolute Gasteiger partial charge is 0.336 e. The van der Waals surface area contributed by atoms with Crippen LogP contribution in [-0.2, 0) is 0 Å². The zero-order valence-electron chi connectivity index (χ0n) is 18.6. The largest absolute Gasteiger partial charge is 0.478 e. The van der Waals surface area contributed by atoms with Gasteiger partial charge in [-0.2, -0.15) is 0 Å². The number of carboxylic acid groups (broad SMARTS) is 2. The summed E-state index contributed by atoms with van der Waals surface area (Å²) in [6.45, 7) is 11.1. The first-order valence-corrected chi connectivity index (χ1v) is 9.97. The van der Waals surface area contributed by atoms with Crippen molar-refractivity contribution in [2.24, 2.45) is 5.92 Å². The number of nitrogen functional groups attached to an aromatic ring is 1. The normalized spacial score (nSPS) is 9.52. The highest BCUT2D eigenvalue weighted by Gasteiger charge is 2.26.